The van der Waals surface area contributed by atoms with Crippen LogP contribution in [0.5, 0.6) is 5.75 Å². The van der Waals surface area contributed by atoms with Crippen molar-refractivity contribution >= 4 is 23.0 Å². The maximum absolute atomic E-state index is 11.1. The highest BCUT2D eigenvalue weighted by atomic mass is 35.5. The second-order valence-electron chi connectivity index (χ2n) is 7.55. The molecule has 2 aliphatic heterocycles. The van der Waals surface area contributed by atoms with Crippen molar-refractivity contribution in [2.75, 3.05) is 0 Å². The van der Waals surface area contributed by atoms with Crippen molar-refractivity contribution in [3.8, 4) is 5.75 Å². The van der Waals surface area contributed by atoms with Gasteiger partial charge in [-0.15, -0.1) is 0 Å². The molecule has 3 aromatic rings. The highest BCUT2D eigenvalue weighted by Gasteiger charge is 2.49. The SMILES string of the molecule is CC1(c2ccc([N+](=O)[O-])cc2)Oc2ccc(Cl)cc2C2CC(c3ccccc3)=NN21. The smallest absolute Gasteiger partial charge is 0.269 e. The van der Waals surface area contributed by atoms with Crippen LogP contribution in [-0.2, 0) is 5.72 Å². The van der Waals surface area contributed by atoms with E-state index in [1.807, 2.05) is 54.4 Å². The van der Waals surface area contributed by atoms with Gasteiger partial charge in [-0.25, -0.2) is 5.01 Å². The Labute approximate surface area is 178 Å². The summed E-state index contributed by atoms with van der Waals surface area (Å²) in [5, 5.41) is 18.6. The molecular formula is C23H18ClN3O3. The number of hydrazone groups is 1. The molecule has 2 heterocycles. The van der Waals surface area contributed by atoms with E-state index in [0.717, 1.165) is 28.2 Å². The first-order valence-corrected chi connectivity index (χ1v) is 9.99. The first-order chi connectivity index (χ1) is 14.5. The van der Waals surface area contributed by atoms with Gasteiger partial charge in [-0.2, -0.15) is 5.10 Å². The summed E-state index contributed by atoms with van der Waals surface area (Å²) in [4.78, 5) is 10.7. The van der Waals surface area contributed by atoms with Crippen molar-refractivity contribution in [1.82, 2.24) is 5.01 Å². The Morgan fingerprint density at radius 3 is 2.57 bits per heavy atom. The predicted octanol–water partition coefficient (Wildman–Crippen LogP) is 5.66. The number of halogens is 1. The number of nitrogens with zero attached hydrogens (tertiary/aromatic N) is 3. The number of ether oxygens (including phenoxy) is 1. The lowest BCUT2D eigenvalue weighted by molar-refractivity contribution is -0.384. The molecular weight excluding hydrogens is 402 g/mol. The molecule has 0 radical (unpaired) electrons. The minimum Gasteiger partial charge on any atom is -0.462 e. The molecule has 150 valence electrons. The maximum atomic E-state index is 11.1. The summed E-state index contributed by atoms with van der Waals surface area (Å²) in [5.41, 5.74) is 2.91. The molecule has 0 fully saturated rings. The molecule has 0 saturated carbocycles. The highest BCUT2D eigenvalue weighted by molar-refractivity contribution is 6.30. The second-order valence-corrected chi connectivity index (χ2v) is 7.98. The Morgan fingerprint density at radius 2 is 1.87 bits per heavy atom. The summed E-state index contributed by atoms with van der Waals surface area (Å²) in [6, 6.07) is 22.0. The van der Waals surface area contributed by atoms with E-state index in [-0.39, 0.29) is 11.7 Å². The summed E-state index contributed by atoms with van der Waals surface area (Å²) >= 11 is 6.28. The zero-order valence-corrected chi connectivity index (χ0v) is 16.9. The molecule has 2 aliphatic rings. The minimum absolute atomic E-state index is 0.0387. The lowest BCUT2D eigenvalue weighted by Gasteiger charge is -2.46. The Hall–Kier alpha value is -3.38. The lowest BCUT2D eigenvalue weighted by Crippen LogP contribution is -2.48. The van der Waals surface area contributed by atoms with Crippen molar-refractivity contribution in [3.63, 3.8) is 0 Å². The topological polar surface area (TPSA) is 68.0 Å². The number of nitro benzene ring substituents is 1. The first kappa shape index (κ1) is 18.6. The van der Waals surface area contributed by atoms with Crippen LogP contribution in [0, 0.1) is 10.1 Å². The van der Waals surface area contributed by atoms with Gasteiger partial charge in [0.2, 0.25) is 5.72 Å². The third-order valence-corrected chi connectivity index (χ3v) is 5.94. The molecule has 30 heavy (non-hydrogen) atoms. The summed E-state index contributed by atoms with van der Waals surface area (Å²) < 4.78 is 6.45. The number of rotatable bonds is 3. The van der Waals surface area contributed by atoms with Crippen LogP contribution in [0.2, 0.25) is 5.02 Å². The molecule has 0 aromatic heterocycles. The van der Waals surface area contributed by atoms with Gasteiger partial charge in [0.15, 0.2) is 0 Å². The van der Waals surface area contributed by atoms with E-state index in [9.17, 15) is 10.1 Å². The molecule has 0 aliphatic carbocycles. The maximum Gasteiger partial charge on any atom is 0.269 e. The summed E-state index contributed by atoms with van der Waals surface area (Å²) in [6.07, 6.45) is 0.712. The van der Waals surface area contributed by atoms with Crippen LogP contribution in [0.25, 0.3) is 0 Å². The van der Waals surface area contributed by atoms with Crippen LogP contribution in [0.3, 0.4) is 0 Å². The van der Waals surface area contributed by atoms with Gasteiger partial charge in [0.05, 0.1) is 16.7 Å². The monoisotopic (exact) mass is 419 g/mol. The molecule has 3 aromatic carbocycles. The standard InChI is InChI=1S/C23H18ClN3O3/c1-23(16-7-10-18(11-8-16)27(28)29)26-21(19-13-17(24)9-12-22(19)30-23)14-20(25-26)15-5-3-2-4-6-15/h2-13,21H,14H2,1H3. The molecule has 6 nitrogen and oxygen atoms in total. The van der Waals surface area contributed by atoms with E-state index < -0.39 is 10.6 Å². The van der Waals surface area contributed by atoms with Crippen LogP contribution in [0.1, 0.15) is 36.1 Å². The van der Waals surface area contributed by atoms with Gasteiger partial charge in [-0.3, -0.25) is 10.1 Å². The van der Waals surface area contributed by atoms with Gasteiger partial charge in [-0.1, -0.05) is 41.9 Å². The van der Waals surface area contributed by atoms with Crippen molar-refractivity contribution in [3.05, 3.63) is 105 Å². The Bertz CT molecular complexity index is 1160. The lowest BCUT2D eigenvalue weighted by atomic mass is 9.92. The van der Waals surface area contributed by atoms with Gasteiger partial charge in [0, 0.05) is 41.6 Å². The molecule has 0 bridgehead atoms. The number of nitro groups is 1. The zero-order chi connectivity index (χ0) is 20.9. The number of benzene rings is 3. The van der Waals surface area contributed by atoms with E-state index in [0.29, 0.717) is 11.4 Å². The Balaban J connectivity index is 1.64. The minimum atomic E-state index is -0.919. The zero-order valence-electron chi connectivity index (χ0n) is 16.2. The molecule has 2 unspecified atom stereocenters. The number of hydrogen-bond acceptors (Lipinski definition) is 5. The van der Waals surface area contributed by atoms with E-state index in [2.05, 4.69) is 0 Å². The van der Waals surface area contributed by atoms with E-state index in [1.165, 1.54) is 12.1 Å². The van der Waals surface area contributed by atoms with Crippen molar-refractivity contribution in [1.29, 1.82) is 0 Å². The quantitative estimate of drug-likeness (QED) is 0.405. The average Bonchev–Trinajstić information content (AvgIpc) is 3.22. The Kier molecular flexibility index (Phi) is 4.25. The van der Waals surface area contributed by atoms with E-state index in [4.69, 9.17) is 21.4 Å². The summed E-state index contributed by atoms with van der Waals surface area (Å²) in [6.45, 7) is 1.94. The van der Waals surface area contributed by atoms with Crippen LogP contribution in [0.15, 0.2) is 77.9 Å². The van der Waals surface area contributed by atoms with E-state index >= 15 is 0 Å². The molecule has 0 spiro atoms. The fraction of sp³-hybridized carbons (Fsp3) is 0.174. The van der Waals surface area contributed by atoms with Gasteiger partial charge in [0.1, 0.15) is 5.75 Å². The molecule has 0 saturated heterocycles. The number of non-ortho nitro benzene ring substituents is 1. The molecule has 5 rings (SSSR count). The third kappa shape index (κ3) is 2.92. The average molecular weight is 420 g/mol. The van der Waals surface area contributed by atoms with Crippen LogP contribution < -0.4 is 4.74 Å². The number of fused-ring (bicyclic) bond motifs is 3. The molecule has 2 atom stereocenters. The van der Waals surface area contributed by atoms with Gasteiger partial charge in [-0.05, 0) is 35.9 Å². The first-order valence-electron chi connectivity index (χ1n) is 9.61. The highest BCUT2D eigenvalue weighted by Crippen LogP contribution is 2.50. The van der Waals surface area contributed by atoms with Crippen LogP contribution in [0.4, 0.5) is 5.69 Å². The Morgan fingerprint density at radius 1 is 1.13 bits per heavy atom. The van der Waals surface area contributed by atoms with Crippen molar-refractivity contribution < 1.29 is 9.66 Å². The van der Waals surface area contributed by atoms with E-state index in [1.54, 1.807) is 18.2 Å². The van der Waals surface area contributed by atoms with Gasteiger partial charge < -0.3 is 4.74 Å². The normalized spacial score (nSPS) is 22.0. The summed E-state index contributed by atoms with van der Waals surface area (Å²) in [7, 11) is 0. The second kappa shape index (κ2) is 6.85. The largest absolute Gasteiger partial charge is 0.462 e. The molecule has 7 heteroatoms. The van der Waals surface area contributed by atoms with Crippen LogP contribution in [-0.4, -0.2) is 15.6 Å². The van der Waals surface area contributed by atoms with Crippen molar-refractivity contribution in [2.24, 2.45) is 5.10 Å². The van der Waals surface area contributed by atoms with Crippen molar-refractivity contribution in [2.45, 2.75) is 25.1 Å². The van der Waals surface area contributed by atoms with Crippen LogP contribution >= 0.6 is 11.6 Å². The molecule has 0 N–H and O–H groups in total. The molecule has 0 amide bonds. The van der Waals surface area contributed by atoms with Gasteiger partial charge in [0.25, 0.3) is 5.69 Å². The predicted molar refractivity (Wildman–Crippen MR) is 115 cm³/mol. The third-order valence-electron chi connectivity index (χ3n) is 5.71. The summed E-state index contributed by atoms with van der Waals surface area (Å²) in [5.74, 6) is 0.742. The fourth-order valence-corrected chi connectivity index (χ4v) is 4.35. The number of hydrogen-bond donors (Lipinski definition) is 0. The fourth-order valence-electron chi connectivity index (χ4n) is 4.17. The van der Waals surface area contributed by atoms with Gasteiger partial charge >= 0.3 is 0 Å².